The van der Waals surface area contributed by atoms with Crippen molar-refractivity contribution in [2.24, 2.45) is 0 Å². The van der Waals surface area contributed by atoms with Gasteiger partial charge in [0, 0.05) is 24.4 Å². The van der Waals surface area contributed by atoms with Crippen LogP contribution in [0.4, 0.5) is 5.82 Å². The lowest BCUT2D eigenvalue weighted by Gasteiger charge is -2.10. The van der Waals surface area contributed by atoms with Crippen molar-refractivity contribution < 1.29 is 4.52 Å². The zero-order chi connectivity index (χ0) is 15.5. The maximum atomic E-state index is 5.27. The topological polar surface area (TPSA) is 51.0 Å². The van der Waals surface area contributed by atoms with Crippen LogP contribution in [-0.4, -0.2) is 17.2 Å². The summed E-state index contributed by atoms with van der Waals surface area (Å²) < 4.78 is 5.27. The van der Waals surface area contributed by atoms with Crippen LogP contribution in [0.15, 0.2) is 33.6 Å². The molecule has 0 saturated carbocycles. The van der Waals surface area contributed by atoms with E-state index in [-0.39, 0.29) is 0 Å². The number of hydrogen-bond donors (Lipinski definition) is 1. The van der Waals surface area contributed by atoms with Gasteiger partial charge < -0.3 is 9.84 Å². The predicted molar refractivity (Wildman–Crippen MR) is 90.5 cm³/mol. The van der Waals surface area contributed by atoms with Gasteiger partial charge in [-0.15, -0.1) is 0 Å². The smallest absolute Gasteiger partial charge is 0.141 e. The van der Waals surface area contributed by atoms with Crippen molar-refractivity contribution in [3.8, 4) is 11.1 Å². The minimum absolute atomic E-state index is 0.834. The van der Waals surface area contributed by atoms with Gasteiger partial charge in [0.2, 0.25) is 0 Å². The van der Waals surface area contributed by atoms with Crippen molar-refractivity contribution >= 4 is 17.2 Å². The monoisotopic (exact) mass is 313 g/mol. The Hall–Kier alpha value is -2.14. The van der Waals surface area contributed by atoms with Crippen LogP contribution in [0.1, 0.15) is 22.6 Å². The van der Waals surface area contributed by atoms with E-state index < -0.39 is 0 Å². The normalized spacial score (nSPS) is 10.9. The van der Waals surface area contributed by atoms with E-state index in [0.29, 0.717) is 0 Å². The Bertz CT molecular complexity index is 743. The third-order valence-electron chi connectivity index (χ3n) is 3.79. The average molecular weight is 313 g/mol. The number of nitrogens with zero attached hydrogens (tertiary/aromatic N) is 2. The summed E-state index contributed by atoms with van der Waals surface area (Å²) in [6.45, 7) is 3.90. The number of pyridine rings is 1. The fourth-order valence-corrected chi connectivity index (χ4v) is 3.37. The summed E-state index contributed by atoms with van der Waals surface area (Å²) in [6.07, 6.45) is 3.86. The van der Waals surface area contributed by atoms with Crippen molar-refractivity contribution in [3.05, 3.63) is 51.7 Å². The van der Waals surface area contributed by atoms with E-state index in [2.05, 4.69) is 38.4 Å². The van der Waals surface area contributed by atoms with Gasteiger partial charge in [-0.25, -0.2) is 4.98 Å². The Morgan fingerprint density at radius 2 is 2.14 bits per heavy atom. The van der Waals surface area contributed by atoms with Gasteiger partial charge in [0.25, 0.3) is 0 Å². The van der Waals surface area contributed by atoms with Crippen LogP contribution in [0.3, 0.4) is 0 Å². The molecule has 3 rings (SSSR count). The Morgan fingerprint density at radius 3 is 2.77 bits per heavy atom. The molecule has 0 amide bonds. The summed E-state index contributed by atoms with van der Waals surface area (Å²) in [4.78, 5) is 4.56. The molecule has 1 N–H and O–H groups in total. The van der Waals surface area contributed by atoms with Gasteiger partial charge in [0.15, 0.2) is 0 Å². The first-order valence-electron chi connectivity index (χ1n) is 7.30. The number of hydrogen-bond acceptors (Lipinski definition) is 5. The molecule has 0 radical (unpaired) electrons. The molecule has 0 fully saturated rings. The molecule has 3 aromatic rings. The summed E-state index contributed by atoms with van der Waals surface area (Å²) in [5, 5.41) is 11.5. The molecule has 0 saturated heterocycles. The summed E-state index contributed by atoms with van der Waals surface area (Å²) in [6, 6.07) is 4.37. The van der Waals surface area contributed by atoms with E-state index >= 15 is 0 Å². The molecule has 22 heavy (non-hydrogen) atoms. The average Bonchev–Trinajstić information content (AvgIpc) is 3.15. The van der Waals surface area contributed by atoms with Gasteiger partial charge in [0.05, 0.1) is 5.69 Å². The number of anilines is 1. The zero-order valence-electron chi connectivity index (χ0n) is 13.0. The number of rotatable bonds is 5. The van der Waals surface area contributed by atoms with Crippen molar-refractivity contribution in [2.75, 3.05) is 12.4 Å². The van der Waals surface area contributed by atoms with Crippen LogP contribution >= 0.6 is 11.3 Å². The van der Waals surface area contributed by atoms with Gasteiger partial charge in [-0.2, -0.15) is 11.3 Å². The Labute approximate surface area is 134 Å². The van der Waals surface area contributed by atoms with Crippen molar-refractivity contribution in [2.45, 2.75) is 26.7 Å². The summed E-state index contributed by atoms with van der Waals surface area (Å²) in [5.74, 6) is 1.77. The van der Waals surface area contributed by atoms with Crippen molar-refractivity contribution in [3.63, 3.8) is 0 Å². The second-order valence-electron chi connectivity index (χ2n) is 5.31. The van der Waals surface area contributed by atoms with E-state index in [0.717, 1.165) is 41.2 Å². The number of thiophene rings is 1. The molecule has 3 heterocycles. The van der Waals surface area contributed by atoms with Crippen molar-refractivity contribution in [1.29, 1.82) is 0 Å². The van der Waals surface area contributed by atoms with Gasteiger partial charge in [-0.1, -0.05) is 5.16 Å². The highest BCUT2D eigenvalue weighted by molar-refractivity contribution is 7.07. The number of aryl methyl sites for hydroxylation is 4. The van der Waals surface area contributed by atoms with Crippen LogP contribution in [0.5, 0.6) is 0 Å². The highest BCUT2D eigenvalue weighted by Crippen LogP contribution is 2.29. The fourth-order valence-electron chi connectivity index (χ4n) is 2.67. The lowest BCUT2D eigenvalue weighted by Crippen LogP contribution is -2.01. The van der Waals surface area contributed by atoms with Crippen LogP contribution in [-0.2, 0) is 12.8 Å². The lowest BCUT2D eigenvalue weighted by molar-refractivity contribution is 0.393. The third-order valence-corrected chi connectivity index (χ3v) is 4.52. The largest absolute Gasteiger partial charge is 0.373 e. The van der Waals surface area contributed by atoms with Crippen LogP contribution < -0.4 is 5.32 Å². The molecule has 0 aliphatic rings. The van der Waals surface area contributed by atoms with Gasteiger partial charge in [-0.05, 0) is 60.7 Å². The van der Waals surface area contributed by atoms with E-state index in [4.69, 9.17) is 4.52 Å². The Kier molecular flexibility index (Phi) is 4.24. The molecular weight excluding hydrogens is 294 g/mol. The second kappa shape index (κ2) is 6.32. The summed E-state index contributed by atoms with van der Waals surface area (Å²) in [5.41, 5.74) is 5.60. The molecule has 0 spiro atoms. The lowest BCUT2D eigenvalue weighted by atomic mass is 10.0. The molecule has 114 valence electrons. The van der Waals surface area contributed by atoms with Crippen LogP contribution in [0.25, 0.3) is 11.1 Å². The quantitative estimate of drug-likeness (QED) is 0.765. The predicted octanol–water partition coefficient (Wildman–Crippen LogP) is 4.24. The Morgan fingerprint density at radius 1 is 1.27 bits per heavy atom. The summed E-state index contributed by atoms with van der Waals surface area (Å²) in [7, 11) is 1.91. The molecule has 0 aliphatic carbocycles. The van der Waals surface area contributed by atoms with Gasteiger partial charge in [0.1, 0.15) is 11.6 Å². The number of aromatic nitrogens is 2. The van der Waals surface area contributed by atoms with E-state index in [1.807, 2.05) is 27.1 Å². The third kappa shape index (κ3) is 2.90. The van der Waals surface area contributed by atoms with Crippen LogP contribution in [0.2, 0.25) is 0 Å². The minimum Gasteiger partial charge on any atom is -0.373 e. The van der Waals surface area contributed by atoms with E-state index in [1.54, 1.807) is 11.3 Å². The maximum absolute atomic E-state index is 5.27. The standard InChI is InChI=1S/C17H19N3OS/c1-11-16(12(2)21-20-11)15-8-14(17(18-3)19-9-15)5-4-13-6-7-22-10-13/h6-10H,4-5H2,1-3H3,(H,18,19). The molecule has 4 nitrogen and oxygen atoms in total. The van der Waals surface area contributed by atoms with Gasteiger partial charge >= 0.3 is 0 Å². The molecule has 0 bridgehead atoms. The maximum Gasteiger partial charge on any atom is 0.141 e. The second-order valence-corrected chi connectivity index (χ2v) is 6.09. The highest BCUT2D eigenvalue weighted by atomic mass is 32.1. The zero-order valence-corrected chi connectivity index (χ0v) is 13.8. The molecule has 5 heteroatoms. The first-order chi connectivity index (χ1) is 10.7. The van der Waals surface area contributed by atoms with Crippen molar-refractivity contribution in [1.82, 2.24) is 10.1 Å². The van der Waals surface area contributed by atoms with Gasteiger partial charge in [-0.3, -0.25) is 0 Å². The number of nitrogens with one attached hydrogen (secondary N) is 1. The minimum atomic E-state index is 0.834. The summed E-state index contributed by atoms with van der Waals surface area (Å²) >= 11 is 1.74. The van der Waals surface area contributed by atoms with E-state index in [9.17, 15) is 0 Å². The SMILES string of the molecule is CNc1ncc(-c2c(C)noc2C)cc1CCc1ccsc1. The first kappa shape index (κ1) is 14.8. The molecule has 3 aromatic heterocycles. The molecular formula is C17H19N3OS. The molecule has 0 atom stereocenters. The van der Waals surface area contributed by atoms with Crippen LogP contribution in [0, 0.1) is 13.8 Å². The molecule has 0 aliphatic heterocycles. The first-order valence-corrected chi connectivity index (χ1v) is 8.24. The molecule has 0 unspecified atom stereocenters. The fraction of sp³-hybridized carbons (Fsp3) is 0.294. The highest BCUT2D eigenvalue weighted by Gasteiger charge is 2.14. The van der Waals surface area contributed by atoms with E-state index in [1.165, 1.54) is 11.1 Å². The Balaban J connectivity index is 1.92. The molecule has 0 aromatic carbocycles.